The first kappa shape index (κ1) is 19.3. The van der Waals surface area contributed by atoms with Crippen LogP contribution in [0.1, 0.15) is 16.7 Å². The minimum atomic E-state index is -0.903. The van der Waals surface area contributed by atoms with Crippen LogP contribution in [0.15, 0.2) is 27.8 Å². The van der Waals surface area contributed by atoms with Crippen LogP contribution < -0.4 is 21.3 Å². The molecule has 1 atom stereocenters. The molecule has 0 aliphatic rings. The molecule has 0 fully saturated rings. The second kappa shape index (κ2) is 7.89. The van der Waals surface area contributed by atoms with Crippen molar-refractivity contribution in [2.75, 3.05) is 18.5 Å². The predicted octanol–water partition coefficient (Wildman–Crippen LogP) is 0.424. The van der Waals surface area contributed by atoms with Crippen molar-refractivity contribution in [2.24, 2.45) is 14.1 Å². The number of hydrogen-bond donors (Lipinski definition) is 2. The van der Waals surface area contributed by atoms with Crippen LogP contribution in [0.5, 0.6) is 5.75 Å². The van der Waals surface area contributed by atoms with Crippen LogP contribution in [0.4, 0.5) is 5.82 Å². The smallest absolute Gasteiger partial charge is 0.332 e. The zero-order valence-corrected chi connectivity index (χ0v) is 15.2. The number of aryl methyl sites for hydroxylation is 2. The van der Waals surface area contributed by atoms with Gasteiger partial charge in [0, 0.05) is 20.6 Å². The van der Waals surface area contributed by atoms with Gasteiger partial charge in [0.1, 0.15) is 30.3 Å². The van der Waals surface area contributed by atoms with Crippen LogP contribution in [0.2, 0.25) is 0 Å². The quantitative estimate of drug-likeness (QED) is 0.775. The minimum Gasteiger partial charge on any atom is -0.490 e. The van der Waals surface area contributed by atoms with Gasteiger partial charge in [0.25, 0.3) is 5.56 Å². The third-order valence-corrected chi connectivity index (χ3v) is 4.11. The van der Waals surface area contributed by atoms with Crippen molar-refractivity contribution in [1.29, 1.82) is 5.26 Å². The van der Waals surface area contributed by atoms with Gasteiger partial charge in [-0.15, -0.1) is 0 Å². The lowest BCUT2D eigenvalue weighted by atomic mass is 10.1. The molecule has 8 nitrogen and oxygen atoms in total. The molecule has 0 saturated heterocycles. The zero-order chi connectivity index (χ0) is 19.4. The lowest BCUT2D eigenvalue weighted by molar-refractivity contribution is 0.116. The molecule has 1 unspecified atom stereocenters. The molecular formula is C18H22N4O4. The molecule has 2 aromatic rings. The number of nitrogens with zero attached hydrogens (tertiary/aromatic N) is 3. The van der Waals surface area contributed by atoms with Gasteiger partial charge in [0.15, 0.2) is 5.56 Å². The maximum absolute atomic E-state index is 12.0. The molecule has 0 saturated carbocycles. The fraction of sp³-hybridized carbons (Fsp3) is 0.389. The summed E-state index contributed by atoms with van der Waals surface area (Å²) in [5, 5.41) is 22.2. The van der Waals surface area contributed by atoms with Crippen molar-refractivity contribution in [3.05, 3.63) is 55.7 Å². The van der Waals surface area contributed by atoms with Gasteiger partial charge in [-0.1, -0.05) is 18.2 Å². The molecule has 2 N–H and O–H groups in total. The highest BCUT2D eigenvalue weighted by Gasteiger charge is 2.16. The van der Waals surface area contributed by atoms with Gasteiger partial charge in [-0.3, -0.25) is 13.9 Å². The molecule has 138 valence electrons. The topological polar surface area (TPSA) is 109 Å². The van der Waals surface area contributed by atoms with Crippen molar-refractivity contribution in [3.63, 3.8) is 0 Å². The number of anilines is 1. The van der Waals surface area contributed by atoms with E-state index in [0.29, 0.717) is 5.75 Å². The monoisotopic (exact) mass is 358 g/mol. The van der Waals surface area contributed by atoms with E-state index < -0.39 is 17.4 Å². The summed E-state index contributed by atoms with van der Waals surface area (Å²) in [6.07, 6.45) is -0.903. The fourth-order valence-corrected chi connectivity index (χ4v) is 2.63. The highest BCUT2D eigenvalue weighted by Crippen LogP contribution is 2.22. The largest absolute Gasteiger partial charge is 0.490 e. The Labute approximate surface area is 150 Å². The van der Waals surface area contributed by atoms with E-state index in [9.17, 15) is 20.0 Å². The second-order valence-electron chi connectivity index (χ2n) is 6.11. The first-order chi connectivity index (χ1) is 12.3. The van der Waals surface area contributed by atoms with Gasteiger partial charge in [0.05, 0.1) is 0 Å². The normalized spacial score (nSPS) is 11.7. The number of nitrogens with one attached hydrogen (secondary N) is 1. The zero-order valence-electron chi connectivity index (χ0n) is 15.2. The molecule has 26 heavy (non-hydrogen) atoms. The van der Waals surface area contributed by atoms with Gasteiger partial charge in [0.2, 0.25) is 0 Å². The Balaban J connectivity index is 2.11. The third kappa shape index (κ3) is 3.78. The van der Waals surface area contributed by atoms with E-state index >= 15 is 0 Å². The highest BCUT2D eigenvalue weighted by atomic mass is 16.5. The standard InChI is InChI=1S/C18H22N4O4/c1-11-6-5-7-12(2)15(11)26-10-13(23)9-20-16-14(8-19)17(24)22(4)18(25)21(16)3/h5-7,13,20,23H,9-10H2,1-4H3. The van der Waals surface area contributed by atoms with Crippen molar-refractivity contribution in [3.8, 4) is 11.8 Å². The highest BCUT2D eigenvalue weighted by molar-refractivity contribution is 5.51. The lowest BCUT2D eigenvalue weighted by Gasteiger charge is -2.18. The van der Waals surface area contributed by atoms with Crippen LogP contribution in [-0.4, -0.2) is 33.5 Å². The van der Waals surface area contributed by atoms with Gasteiger partial charge in [-0.2, -0.15) is 5.26 Å². The Morgan fingerprint density at radius 3 is 2.42 bits per heavy atom. The molecular weight excluding hydrogens is 336 g/mol. The number of benzene rings is 1. The minimum absolute atomic E-state index is 0.0139. The summed E-state index contributed by atoms with van der Waals surface area (Å²) >= 11 is 0. The maximum atomic E-state index is 12.0. The van der Waals surface area contributed by atoms with E-state index in [1.807, 2.05) is 32.0 Å². The van der Waals surface area contributed by atoms with Gasteiger partial charge in [-0.25, -0.2) is 4.79 Å². The van der Waals surface area contributed by atoms with E-state index in [1.54, 1.807) is 6.07 Å². The van der Waals surface area contributed by atoms with E-state index in [-0.39, 0.29) is 24.5 Å². The van der Waals surface area contributed by atoms with Gasteiger partial charge >= 0.3 is 5.69 Å². The van der Waals surface area contributed by atoms with E-state index in [0.717, 1.165) is 15.7 Å². The molecule has 1 heterocycles. The van der Waals surface area contributed by atoms with Crippen molar-refractivity contribution in [1.82, 2.24) is 9.13 Å². The summed E-state index contributed by atoms with van der Waals surface area (Å²) in [5.41, 5.74) is 0.506. The summed E-state index contributed by atoms with van der Waals surface area (Å²) in [4.78, 5) is 24.0. The number of aromatic nitrogens is 2. The van der Waals surface area contributed by atoms with Crippen molar-refractivity contribution < 1.29 is 9.84 Å². The number of para-hydroxylation sites is 1. The number of ether oxygens (including phenoxy) is 1. The fourth-order valence-electron chi connectivity index (χ4n) is 2.63. The number of hydrogen-bond acceptors (Lipinski definition) is 6. The molecule has 1 aromatic carbocycles. The number of rotatable bonds is 6. The molecule has 0 amide bonds. The third-order valence-electron chi connectivity index (χ3n) is 4.11. The van der Waals surface area contributed by atoms with Crippen molar-refractivity contribution in [2.45, 2.75) is 20.0 Å². The Morgan fingerprint density at radius 1 is 1.23 bits per heavy atom. The lowest BCUT2D eigenvalue weighted by Crippen LogP contribution is -2.40. The van der Waals surface area contributed by atoms with E-state index in [2.05, 4.69) is 5.32 Å². The van der Waals surface area contributed by atoms with Crippen LogP contribution >= 0.6 is 0 Å². The molecule has 2 rings (SSSR count). The second-order valence-corrected chi connectivity index (χ2v) is 6.11. The molecule has 0 aliphatic carbocycles. The van der Waals surface area contributed by atoms with Crippen LogP contribution in [-0.2, 0) is 14.1 Å². The number of nitriles is 1. The Kier molecular flexibility index (Phi) is 5.85. The summed E-state index contributed by atoms with van der Waals surface area (Å²) in [5.74, 6) is 0.789. The average Bonchev–Trinajstić information content (AvgIpc) is 2.61. The Morgan fingerprint density at radius 2 is 1.85 bits per heavy atom. The van der Waals surface area contributed by atoms with E-state index in [1.165, 1.54) is 18.7 Å². The summed E-state index contributed by atoms with van der Waals surface area (Å²) in [7, 11) is 2.76. The summed E-state index contributed by atoms with van der Waals surface area (Å²) in [6, 6.07) is 7.56. The predicted molar refractivity (Wildman–Crippen MR) is 97.5 cm³/mol. The molecule has 0 radical (unpaired) electrons. The molecule has 8 heteroatoms. The SMILES string of the molecule is Cc1cccc(C)c1OCC(O)CNc1c(C#N)c(=O)n(C)c(=O)n1C. The average molecular weight is 358 g/mol. The first-order valence-corrected chi connectivity index (χ1v) is 8.09. The van der Waals surface area contributed by atoms with Crippen molar-refractivity contribution >= 4 is 5.82 Å². The van der Waals surface area contributed by atoms with E-state index in [4.69, 9.17) is 4.74 Å². The molecule has 0 bridgehead atoms. The summed E-state index contributed by atoms with van der Waals surface area (Å²) < 4.78 is 7.71. The Bertz CT molecular complexity index is 949. The van der Waals surface area contributed by atoms with Crippen LogP contribution in [0.3, 0.4) is 0 Å². The Hall–Kier alpha value is -3.05. The van der Waals surface area contributed by atoms with Crippen LogP contribution in [0.25, 0.3) is 0 Å². The van der Waals surface area contributed by atoms with Crippen LogP contribution in [0, 0.1) is 25.2 Å². The number of aliphatic hydroxyl groups excluding tert-OH is 1. The first-order valence-electron chi connectivity index (χ1n) is 8.09. The molecule has 0 aliphatic heterocycles. The molecule has 0 spiro atoms. The number of aliphatic hydroxyl groups is 1. The molecule has 1 aromatic heterocycles. The van der Waals surface area contributed by atoms with Gasteiger partial charge in [-0.05, 0) is 25.0 Å². The summed E-state index contributed by atoms with van der Waals surface area (Å²) in [6.45, 7) is 3.88. The van der Waals surface area contributed by atoms with Gasteiger partial charge < -0.3 is 15.2 Å². The maximum Gasteiger partial charge on any atom is 0.332 e.